The third-order valence-corrected chi connectivity index (χ3v) is 5.84. The lowest BCUT2D eigenvalue weighted by Gasteiger charge is -2.32. The summed E-state index contributed by atoms with van der Waals surface area (Å²) < 4.78 is 0. The molecule has 0 saturated carbocycles. The van der Waals surface area contributed by atoms with Crippen LogP contribution in [0.2, 0.25) is 0 Å². The van der Waals surface area contributed by atoms with Gasteiger partial charge in [-0.3, -0.25) is 10.1 Å². The summed E-state index contributed by atoms with van der Waals surface area (Å²) in [5, 5.41) is 11.7. The fourth-order valence-electron chi connectivity index (χ4n) is 4.68. The molecule has 3 aromatic carbocycles. The highest BCUT2D eigenvalue weighted by Crippen LogP contribution is 2.47. The third-order valence-electron chi connectivity index (χ3n) is 5.84. The maximum atomic E-state index is 11.7. The minimum atomic E-state index is -0.245. The molecule has 27 heavy (non-hydrogen) atoms. The maximum absolute atomic E-state index is 11.7. The van der Waals surface area contributed by atoms with Crippen molar-refractivity contribution in [1.29, 1.82) is 0 Å². The van der Waals surface area contributed by atoms with E-state index in [4.69, 9.17) is 0 Å². The lowest BCUT2D eigenvalue weighted by molar-refractivity contribution is -0.385. The number of allylic oxidation sites excluding steroid dienone is 1. The molecule has 2 aliphatic carbocycles. The van der Waals surface area contributed by atoms with Crippen molar-refractivity contribution >= 4 is 11.8 Å². The second-order valence-electron chi connectivity index (χ2n) is 7.27. The summed E-state index contributed by atoms with van der Waals surface area (Å²) in [6, 6.07) is 20.1. The van der Waals surface area contributed by atoms with Crippen LogP contribution >= 0.6 is 0 Å². The van der Waals surface area contributed by atoms with Gasteiger partial charge in [0.05, 0.1) is 4.92 Å². The van der Waals surface area contributed by atoms with E-state index in [0.29, 0.717) is 0 Å². The Balaban J connectivity index is 1.81. The minimum Gasteiger partial charge on any atom is -0.258 e. The lowest BCUT2D eigenvalue weighted by atomic mass is 9.71. The molecule has 0 radical (unpaired) electrons. The molecule has 132 valence electrons. The van der Waals surface area contributed by atoms with E-state index >= 15 is 0 Å². The molecule has 0 aromatic heterocycles. The number of hydrogen-bond donors (Lipinski definition) is 0. The molecule has 0 amide bonds. The molecule has 2 aliphatic rings. The van der Waals surface area contributed by atoms with Crippen molar-refractivity contribution in [2.75, 3.05) is 0 Å². The largest absolute Gasteiger partial charge is 0.273 e. The molecule has 3 heteroatoms. The normalized spacial score (nSPS) is 17.0. The van der Waals surface area contributed by atoms with E-state index in [2.05, 4.69) is 48.6 Å². The zero-order valence-electron chi connectivity index (χ0n) is 14.9. The first-order valence-corrected chi connectivity index (χ1v) is 9.38. The fourth-order valence-corrected chi connectivity index (χ4v) is 4.68. The van der Waals surface area contributed by atoms with Gasteiger partial charge in [0.25, 0.3) is 5.69 Å². The van der Waals surface area contributed by atoms with Gasteiger partial charge in [-0.2, -0.15) is 0 Å². The molecule has 0 bridgehead atoms. The van der Waals surface area contributed by atoms with Crippen LogP contribution in [-0.4, -0.2) is 4.92 Å². The predicted molar refractivity (Wildman–Crippen MR) is 108 cm³/mol. The van der Waals surface area contributed by atoms with Gasteiger partial charge < -0.3 is 0 Å². The van der Waals surface area contributed by atoms with Crippen LogP contribution in [0.3, 0.4) is 0 Å². The number of hydrogen-bond acceptors (Lipinski definition) is 2. The summed E-state index contributed by atoms with van der Waals surface area (Å²) in [4.78, 5) is 11.5. The van der Waals surface area contributed by atoms with Crippen molar-refractivity contribution in [1.82, 2.24) is 0 Å². The van der Waals surface area contributed by atoms with Gasteiger partial charge in [-0.25, -0.2) is 0 Å². The summed E-state index contributed by atoms with van der Waals surface area (Å²) >= 11 is 0. The van der Waals surface area contributed by atoms with Crippen molar-refractivity contribution in [2.45, 2.75) is 25.2 Å². The molecule has 0 heterocycles. The SMILES string of the molecule is O=[N+]([O-])c1ccccc1C1Cc2ccccc2-c2ccc3c(c21)CCC=C3. The molecule has 0 N–H and O–H groups in total. The van der Waals surface area contributed by atoms with Gasteiger partial charge in [0, 0.05) is 17.5 Å². The highest BCUT2D eigenvalue weighted by Gasteiger charge is 2.32. The first-order chi connectivity index (χ1) is 13.2. The van der Waals surface area contributed by atoms with E-state index in [1.165, 1.54) is 33.4 Å². The molecule has 1 atom stereocenters. The van der Waals surface area contributed by atoms with Crippen LogP contribution in [0.25, 0.3) is 17.2 Å². The molecule has 0 aliphatic heterocycles. The van der Waals surface area contributed by atoms with Crippen molar-refractivity contribution in [2.24, 2.45) is 0 Å². The zero-order valence-corrected chi connectivity index (χ0v) is 14.9. The summed E-state index contributed by atoms with van der Waals surface area (Å²) in [5.41, 5.74) is 8.69. The van der Waals surface area contributed by atoms with E-state index in [9.17, 15) is 10.1 Å². The van der Waals surface area contributed by atoms with Crippen LogP contribution < -0.4 is 0 Å². The highest BCUT2D eigenvalue weighted by atomic mass is 16.6. The van der Waals surface area contributed by atoms with Crippen LogP contribution in [0.1, 0.15) is 40.2 Å². The number of fused-ring (bicyclic) bond motifs is 5. The minimum absolute atomic E-state index is 0.0120. The highest BCUT2D eigenvalue weighted by molar-refractivity contribution is 5.79. The number of benzene rings is 3. The molecular weight excluding hydrogens is 334 g/mol. The Hall–Kier alpha value is -3.20. The van der Waals surface area contributed by atoms with Gasteiger partial charge in [0.2, 0.25) is 0 Å². The van der Waals surface area contributed by atoms with Crippen molar-refractivity contribution < 1.29 is 4.92 Å². The lowest BCUT2D eigenvalue weighted by Crippen LogP contribution is -2.17. The summed E-state index contributed by atoms with van der Waals surface area (Å²) in [6.45, 7) is 0. The van der Waals surface area contributed by atoms with Gasteiger partial charge in [-0.1, -0.05) is 66.7 Å². The Kier molecular flexibility index (Phi) is 3.68. The van der Waals surface area contributed by atoms with Crippen LogP contribution in [0.5, 0.6) is 0 Å². The smallest absolute Gasteiger partial charge is 0.258 e. The van der Waals surface area contributed by atoms with Gasteiger partial charge in [0.15, 0.2) is 0 Å². The van der Waals surface area contributed by atoms with E-state index < -0.39 is 0 Å². The molecule has 3 aromatic rings. The van der Waals surface area contributed by atoms with E-state index in [0.717, 1.165) is 24.8 Å². The molecule has 5 rings (SSSR count). The Morgan fingerprint density at radius 3 is 2.63 bits per heavy atom. The standard InChI is InChI=1S/C24H19NO2/c26-25(27)23-12-6-5-11-20(23)22-15-17-8-2-3-9-18(17)21-14-13-16-7-1-4-10-19(16)24(21)22/h1-3,5-9,11-14,22H,4,10,15H2. The summed E-state index contributed by atoms with van der Waals surface area (Å²) in [7, 11) is 0. The molecule has 1 unspecified atom stereocenters. The van der Waals surface area contributed by atoms with Crippen LogP contribution in [0.4, 0.5) is 5.69 Å². The Labute approximate surface area is 158 Å². The molecule has 0 saturated heterocycles. The molecular formula is C24H19NO2. The second kappa shape index (κ2) is 6.20. The summed E-state index contributed by atoms with van der Waals surface area (Å²) in [5.74, 6) is 0.0120. The Morgan fingerprint density at radius 2 is 1.74 bits per heavy atom. The number of nitro groups is 1. The third kappa shape index (κ3) is 2.50. The van der Waals surface area contributed by atoms with E-state index in [1.54, 1.807) is 12.1 Å². The number of rotatable bonds is 2. The molecule has 0 fully saturated rings. The number of nitrogens with zero attached hydrogens (tertiary/aromatic N) is 1. The average molecular weight is 353 g/mol. The first-order valence-electron chi connectivity index (χ1n) is 9.38. The molecule has 0 spiro atoms. The van der Waals surface area contributed by atoms with Crippen LogP contribution in [0, 0.1) is 10.1 Å². The van der Waals surface area contributed by atoms with Gasteiger partial charge in [-0.15, -0.1) is 0 Å². The Bertz CT molecular complexity index is 1100. The van der Waals surface area contributed by atoms with Crippen molar-refractivity contribution in [3.05, 3.63) is 105 Å². The topological polar surface area (TPSA) is 43.1 Å². The average Bonchev–Trinajstić information content (AvgIpc) is 2.72. The monoisotopic (exact) mass is 353 g/mol. The van der Waals surface area contributed by atoms with Crippen LogP contribution in [-0.2, 0) is 12.8 Å². The summed E-state index contributed by atoms with van der Waals surface area (Å²) in [6.07, 6.45) is 7.22. The van der Waals surface area contributed by atoms with Gasteiger partial charge in [-0.05, 0) is 52.6 Å². The fraction of sp³-hybridized carbons (Fsp3) is 0.167. The van der Waals surface area contributed by atoms with E-state index in [-0.39, 0.29) is 16.5 Å². The predicted octanol–water partition coefficient (Wildman–Crippen LogP) is 5.91. The Morgan fingerprint density at radius 1 is 0.926 bits per heavy atom. The second-order valence-corrected chi connectivity index (χ2v) is 7.27. The maximum Gasteiger partial charge on any atom is 0.273 e. The number of para-hydroxylation sites is 1. The first kappa shape index (κ1) is 16.0. The van der Waals surface area contributed by atoms with Crippen molar-refractivity contribution in [3.63, 3.8) is 0 Å². The van der Waals surface area contributed by atoms with Crippen molar-refractivity contribution in [3.8, 4) is 11.1 Å². The number of nitro benzene ring substituents is 1. The van der Waals surface area contributed by atoms with E-state index in [1.807, 2.05) is 12.1 Å². The van der Waals surface area contributed by atoms with Gasteiger partial charge in [0.1, 0.15) is 0 Å². The molecule has 3 nitrogen and oxygen atoms in total. The van der Waals surface area contributed by atoms with Crippen LogP contribution in [0.15, 0.2) is 66.7 Å². The quantitative estimate of drug-likeness (QED) is 0.424. The zero-order chi connectivity index (χ0) is 18.4. The van der Waals surface area contributed by atoms with Gasteiger partial charge >= 0.3 is 0 Å².